The molecule has 0 saturated carbocycles. The monoisotopic (exact) mass is 465 g/mol. The van der Waals surface area contributed by atoms with Gasteiger partial charge in [0.05, 0.1) is 34.2 Å². The van der Waals surface area contributed by atoms with Gasteiger partial charge in [-0.3, -0.25) is 9.52 Å². The molecule has 0 aliphatic carbocycles. The first-order valence-electron chi connectivity index (χ1n) is 10.2. The molecule has 1 aromatic heterocycles. The van der Waals surface area contributed by atoms with Crippen LogP contribution in [-0.2, 0) is 31.9 Å². The number of nitrogens with one attached hydrogen (secondary N) is 1. The maximum Gasteiger partial charge on any atom is 0.340 e. The molecule has 2 aliphatic rings. The van der Waals surface area contributed by atoms with Crippen LogP contribution in [0.25, 0.3) is 0 Å². The third kappa shape index (κ3) is 4.78. The Kier molecular flexibility index (Phi) is 5.99. The van der Waals surface area contributed by atoms with Crippen molar-refractivity contribution in [2.75, 3.05) is 18.0 Å². The average Bonchev–Trinajstić information content (AvgIpc) is 3.18. The molecule has 1 fully saturated rings. The fourth-order valence-electron chi connectivity index (χ4n) is 3.88. The van der Waals surface area contributed by atoms with E-state index in [1.54, 1.807) is 0 Å². The molecule has 10 nitrogen and oxygen atoms in total. The van der Waals surface area contributed by atoms with Crippen molar-refractivity contribution in [1.82, 2.24) is 9.71 Å². The molecule has 168 valence electrons. The van der Waals surface area contributed by atoms with E-state index in [0.717, 1.165) is 0 Å². The van der Waals surface area contributed by atoms with Gasteiger partial charge in [0, 0.05) is 19.0 Å². The summed E-state index contributed by atoms with van der Waals surface area (Å²) in [5, 5.41) is 18.3. The largest absolute Gasteiger partial charge is 0.455 e. The molecular formula is C22H19N5O5S. The molecule has 0 atom stereocenters. The summed E-state index contributed by atoms with van der Waals surface area (Å²) in [5.41, 5.74) is 1.90. The number of esters is 1. The summed E-state index contributed by atoms with van der Waals surface area (Å²) in [7, 11) is -3.89. The lowest BCUT2D eigenvalue weighted by molar-refractivity contribution is -0.123. The van der Waals surface area contributed by atoms with Gasteiger partial charge in [-0.15, -0.1) is 0 Å². The number of hydrogen-bond acceptors (Lipinski definition) is 9. The van der Waals surface area contributed by atoms with Gasteiger partial charge in [-0.1, -0.05) is 12.1 Å². The standard InChI is InChI=1S/C22H19N5O5S/c23-10-14-1-3-15(4-2-14)13-33(30,31)26-21(28)16-5-7-27(8-6-16)20-17(11-24)9-18-19(25-20)12-32-22(18)29/h1-4,9,16H,5-8,12-13H2,(H,26,28). The van der Waals surface area contributed by atoms with Crippen molar-refractivity contribution in [3.63, 3.8) is 0 Å². The molecule has 2 aliphatic heterocycles. The first-order valence-corrected chi connectivity index (χ1v) is 11.8. The molecule has 2 aromatic rings. The van der Waals surface area contributed by atoms with Crippen molar-refractivity contribution in [2.45, 2.75) is 25.2 Å². The van der Waals surface area contributed by atoms with Crippen molar-refractivity contribution >= 4 is 27.7 Å². The molecule has 1 N–H and O–H groups in total. The number of benzene rings is 1. The number of hydrogen-bond donors (Lipinski definition) is 1. The zero-order valence-corrected chi connectivity index (χ0v) is 18.3. The molecule has 0 bridgehead atoms. The third-order valence-corrected chi connectivity index (χ3v) is 6.85. The minimum Gasteiger partial charge on any atom is -0.455 e. The molecule has 1 aromatic carbocycles. The van der Waals surface area contributed by atoms with Gasteiger partial charge in [0.25, 0.3) is 0 Å². The van der Waals surface area contributed by atoms with Crippen molar-refractivity contribution in [2.24, 2.45) is 5.92 Å². The second kappa shape index (κ2) is 8.88. The number of cyclic esters (lactones) is 1. The van der Waals surface area contributed by atoms with E-state index in [4.69, 9.17) is 10.00 Å². The smallest absolute Gasteiger partial charge is 0.340 e. The van der Waals surface area contributed by atoms with E-state index < -0.39 is 27.8 Å². The van der Waals surface area contributed by atoms with Crippen LogP contribution in [0, 0.1) is 28.6 Å². The van der Waals surface area contributed by atoms with Crippen LogP contribution in [0.2, 0.25) is 0 Å². The number of sulfonamides is 1. The van der Waals surface area contributed by atoms with Crippen LogP contribution in [0.5, 0.6) is 0 Å². The number of nitriles is 2. The van der Waals surface area contributed by atoms with Gasteiger partial charge in [0.15, 0.2) is 0 Å². The predicted octanol–water partition coefficient (Wildman–Crippen LogP) is 1.36. The number of nitrogens with zero attached hydrogens (tertiary/aromatic N) is 4. The van der Waals surface area contributed by atoms with Crippen molar-refractivity contribution < 1.29 is 22.7 Å². The maximum atomic E-state index is 12.6. The summed E-state index contributed by atoms with van der Waals surface area (Å²) >= 11 is 0. The van der Waals surface area contributed by atoms with E-state index >= 15 is 0 Å². The minimum absolute atomic E-state index is 0.0584. The Balaban J connectivity index is 1.38. The minimum atomic E-state index is -3.89. The normalized spacial score (nSPS) is 15.8. The van der Waals surface area contributed by atoms with E-state index in [-0.39, 0.29) is 23.5 Å². The van der Waals surface area contributed by atoms with Crippen molar-refractivity contribution in [3.05, 3.63) is 58.3 Å². The number of anilines is 1. The first kappa shape index (κ1) is 22.2. The third-order valence-electron chi connectivity index (χ3n) is 5.62. The highest BCUT2D eigenvalue weighted by Crippen LogP contribution is 2.29. The number of rotatable bonds is 5. The number of aromatic nitrogens is 1. The summed E-state index contributed by atoms with van der Waals surface area (Å²) in [6, 6.07) is 11.6. The van der Waals surface area contributed by atoms with Crippen LogP contribution < -0.4 is 9.62 Å². The number of ether oxygens (including phenoxy) is 1. The molecule has 0 unspecified atom stereocenters. The molecule has 4 rings (SSSR count). The number of carbonyl (C=O) groups is 2. The summed E-state index contributed by atoms with van der Waals surface area (Å²) in [4.78, 5) is 30.6. The van der Waals surface area contributed by atoms with E-state index in [9.17, 15) is 23.3 Å². The Morgan fingerprint density at radius 2 is 1.88 bits per heavy atom. The predicted molar refractivity (Wildman–Crippen MR) is 115 cm³/mol. The lowest BCUT2D eigenvalue weighted by atomic mass is 9.96. The van der Waals surface area contributed by atoms with E-state index in [2.05, 4.69) is 15.8 Å². The molecule has 3 heterocycles. The topological polar surface area (TPSA) is 153 Å². The number of pyridine rings is 1. The number of fused-ring (bicyclic) bond motifs is 1. The van der Waals surface area contributed by atoms with Gasteiger partial charge in [0.2, 0.25) is 15.9 Å². The average molecular weight is 465 g/mol. The van der Waals surface area contributed by atoms with Crippen molar-refractivity contribution in [3.8, 4) is 12.1 Å². The van der Waals surface area contributed by atoms with E-state index in [0.29, 0.717) is 48.6 Å². The van der Waals surface area contributed by atoms with E-state index in [1.165, 1.54) is 30.3 Å². The molecule has 11 heteroatoms. The van der Waals surface area contributed by atoms with Crippen molar-refractivity contribution in [1.29, 1.82) is 10.5 Å². The Hall–Kier alpha value is -3.96. The molecule has 33 heavy (non-hydrogen) atoms. The highest BCUT2D eigenvalue weighted by molar-refractivity contribution is 7.89. The fourth-order valence-corrected chi connectivity index (χ4v) is 5.06. The van der Waals surface area contributed by atoms with Crippen LogP contribution >= 0.6 is 0 Å². The highest BCUT2D eigenvalue weighted by Gasteiger charge is 2.31. The molecule has 1 amide bonds. The Labute approximate surface area is 190 Å². The fraction of sp³-hybridized carbons (Fsp3) is 0.318. The first-order chi connectivity index (χ1) is 15.8. The zero-order valence-electron chi connectivity index (χ0n) is 17.4. The second-order valence-corrected chi connectivity index (χ2v) is 9.56. The zero-order chi connectivity index (χ0) is 23.6. The summed E-state index contributed by atoms with van der Waals surface area (Å²) in [6.45, 7) is 0.870. The number of carbonyl (C=O) groups excluding carboxylic acids is 2. The maximum absolute atomic E-state index is 12.6. The molecule has 1 saturated heterocycles. The number of amides is 1. The summed E-state index contributed by atoms with van der Waals surface area (Å²) in [6.07, 6.45) is 0.772. The quantitative estimate of drug-likeness (QED) is 0.645. The van der Waals surface area contributed by atoms with Crippen LogP contribution in [0.4, 0.5) is 5.82 Å². The Bertz CT molecular complexity index is 1300. The van der Waals surface area contributed by atoms with Gasteiger partial charge < -0.3 is 9.64 Å². The second-order valence-electron chi connectivity index (χ2n) is 7.84. The Morgan fingerprint density at radius 3 is 2.52 bits per heavy atom. The van der Waals surface area contributed by atoms with Gasteiger partial charge in [0.1, 0.15) is 18.5 Å². The molecular weight excluding hydrogens is 446 g/mol. The lowest BCUT2D eigenvalue weighted by Crippen LogP contribution is -2.43. The summed E-state index contributed by atoms with van der Waals surface area (Å²) in [5.74, 6) is -1.50. The molecule has 0 spiro atoms. The SMILES string of the molecule is N#Cc1ccc(CS(=O)(=O)NC(=O)C2CCN(c3nc4c(cc3C#N)C(=O)OC4)CC2)cc1. The Morgan fingerprint density at radius 1 is 1.18 bits per heavy atom. The van der Waals surface area contributed by atoms with Gasteiger partial charge >= 0.3 is 5.97 Å². The molecule has 0 radical (unpaired) electrons. The van der Waals surface area contributed by atoms with Crippen LogP contribution in [0.15, 0.2) is 30.3 Å². The summed E-state index contributed by atoms with van der Waals surface area (Å²) < 4.78 is 31.9. The van der Waals surface area contributed by atoms with Gasteiger partial charge in [-0.2, -0.15) is 10.5 Å². The highest BCUT2D eigenvalue weighted by atomic mass is 32.2. The van der Waals surface area contributed by atoms with E-state index in [1.807, 2.05) is 11.0 Å². The van der Waals surface area contributed by atoms with Crippen LogP contribution in [0.1, 0.15) is 45.6 Å². The van der Waals surface area contributed by atoms with Gasteiger partial charge in [-0.25, -0.2) is 18.2 Å². The lowest BCUT2D eigenvalue weighted by Gasteiger charge is -2.32. The van der Waals surface area contributed by atoms with Crippen LogP contribution in [0.3, 0.4) is 0 Å². The van der Waals surface area contributed by atoms with Gasteiger partial charge in [-0.05, 0) is 36.6 Å². The number of piperidine rings is 1. The van der Waals surface area contributed by atoms with Crippen LogP contribution in [-0.4, -0.2) is 38.4 Å².